The summed E-state index contributed by atoms with van der Waals surface area (Å²) in [6.07, 6.45) is -3.38. The monoisotopic (exact) mass is 477 g/mol. The summed E-state index contributed by atoms with van der Waals surface area (Å²) in [6, 6.07) is 3.70. The number of halogens is 4. The number of carbonyl (C=O) groups is 2. The molecule has 1 aliphatic carbocycles. The quantitative estimate of drug-likeness (QED) is 0.560. The fraction of sp³-hybridized carbons (Fsp3) is 0.364. The number of hydrogen-bond acceptors (Lipinski definition) is 6. The molecule has 1 aromatic carbocycles. The van der Waals surface area contributed by atoms with Gasteiger partial charge in [-0.1, -0.05) is 0 Å². The minimum atomic E-state index is -5.30. The van der Waals surface area contributed by atoms with Crippen molar-refractivity contribution in [1.82, 2.24) is 20.0 Å². The van der Waals surface area contributed by atoms with Crippen LogP contribution in [0.3, 0.4) is 0 Å². The molecule has 2 aromatic heterocycles. The maximum Gasteiger partial charge on any atom is 0.493 e. The Hall–Kier alpha value is -3.70. The largest absolute Gasteiger partial charge is 0.493 e. The van der Waals surface area contributed by atoms with Crippen molar-refractivity contribution in [2.24, 2.45) is 0 Å². The molecule has 2 N–H and O–H groups in total. The number of nitrogens with zero attached hydrogens (tertiary/aromatic N) is 3. The first-order chi connectivity index (χ1) is 16.0. The van der Waals surface area contributed by atoms with E-state index in [2.05, 4.69) is 25.4 Å². The second-order valence-corrected chi connectivity index (χ2v) is 8.70. The minimum Gasteiger partial charge on any atom is -0.363 e. The molecule has 1 aliphatic heterocycles. The van der Waals surface area contributed by atoms with Crippen LogP contribution >= 0.6 is 0 Å². The second-order valence-electron chi connectivity index (χ2n) is 8.70. The Morgan fingerprint density at radius 2 is 2.00 bits per heavy atom. The van der Waals surface area contributed by atoms with E-state index in [0.29, 0.717) is 16.2 Å². The molecule has 1 amide bonds. The minimum absolute atomic E-state index is 0.0171. The highest BCUT2D eigenvalue weighted by molar-refractivity contribution is 6.00. The van der Waals surface area contributed by atoms with Crippen LogP contribution in [0.25, 0.3) is 22.3 Å². The van der Waals surface area contributed by atoms with Crippen LogP contribution in [-0.4, -0.2) is 44.8 Å². The smallest absolute Gasteiger partial charge is 0.363 e. The summed E-state index contributed by atoms with van der Waals surface area (Å²) < 4.78 is 54.8. The zero-order valence-electron chi connectivity index (χ0n) is 18.1. The van der Waals surface area contributed by atoms with Crippen LogP contribution in [0.4, 0.5) is 23.4 Å². The van der Waals surface area contributed by atoms with Crippen molar-refractivity contribution < 1.29 is 32.0 Å². The van der Waals surface area contributed by atoms with Crippen LogP contribution < -0.4 is 15.5 Å². The van der Waals surface area contributed by atoms with Gasteiger partial charge in [-0.25, -0.2) is 19.2 Å². The van der Waals surface area contributed by atoms with E-state index in [1.807, 2.05) is 6.92 Å². The van der Waals surface area contributed by atoms with Gasteiger partial charge < -0.3 is 15.5 Å². The molecule has 8 nitrogen and oxygen atoms in total. The van der Waals surface area contributed by atoms with Crippen LogP contribution in [-0.2, 0) is 11.2 Å². The number of alkyl halides is 3. The summed E-state index contributed by atoms with van der Waals surface area (Å²) >= 11 is 0. The highest BCUT2D eigenvalue weighted by Crippen LogP contribution is 2.39. The molecule has 0 bridgehead atoms. The van der Waals surface area contributed by atoms with E-state index in [9.17, 15) is 22.8 Å². The number of nitrogens with one attached hydrogen (secondary N) is 2. The van der Waals surface area contributed by atoms with Gasteiger partial charge in [0.05, 0.1) is 33.7 Å². The van der Waals surface area contributed by atoms with E-state index < -0.39 is 23.9 Å². The predicted octanol–water partition coefficient (Wildman–Crippen LogP) is 3.31. The lowest BCUT2D eigenvalue weighted by molar-refractivity contribution is -0.199. The molecule has 0 atom stereocenters. The molecule has 0 spiro atoms. The van der Waals surface area contributed by atoms with Crippen molar-refractivity contribution in [3.63, 3.8) is 0 Å². The number of hydrogen-bond donors (Lipinski definition) is 2. The maximum atomic E-state index is 15.2. The Balaban J connectivity index is 1.74. The van der Waals surface area contributed by atoms with Gasteiger partial charge in [-0.3, -0.25) is 4.79 Å². The lowest BCUT2D eigenvalue weighted by atomic mass is 10.1. The van der Waals surface area contributed by atoms with Gasteiger partial charge in [0.25, 0.3) is 5.91 Å². The third kappa shape index (κ3) is 3.72. The van der Waals surface area contributed by atoms with E-state index in [4.69, 9.17) is 0 Å². The zero-order chi connectivity index (χ0) is 24.4. The van der Waals surface area contributed by atoms with Gasteiger partial charge in [0.15, 0.2) is 0 Å². The van der Waals surface area contributed by atoms with Crippen molar-refractivity contribution in [2.45, 2.75) is 44.8 Å². The van der Waals surface area contributed by atoms with E-state index in [0.717, 1.165) is 18.9 Å². The molecule has 2 aliphatic rings. The fourth-order valence-corrected chi connectivity index (χ4v) is 3.91. The standard InChI is InChI=1S/C22H19F4N5O3/c1-10-18(30-21(2)6-7-21)29-17-13(28-10)4-3-12(23)16(17)15-9-11-14(5-8-27-19(11)32)31(15)34-20(33)22(24,25)26/h3-4,9H,5-8H2,1-2H3,(H,27,32)(H,29,30). The number of benzene rings is 1. The van der Waals surface area contributed by atoms with Crippen LogP contribution in [0.15, 0.2) is 18.2 Å². The molecule has 3 heterocycles. The van der Waals surface area contributed by atoms with E-state index >= 15 is 4.39 Å². The molecule has 0 radical (unpaired) electrons. The van der Waals surface area contributed by atoms with Gasteiger partial charge in [0.1, 0.15) is 17.2 Å². The molecule has 3 aromatic rings. The molecule has 0 unspecified atom stereocenters. The van der Waals surface area contributed by atoms with E-state index in [1.165, 1.54) is 12.1 Å². The predicted molar refractivity (Wildman–Crippen MR) is 113 cm³/mol. The van der Waals surface area contributed by atoms with Crippen molar-refractivity contribution in [2.75, 3.05) is 11.9 Å². The molecule has 1 fully saturated rings. The first-order valence-corrected chi connectivity index (χ1v) is 10.5. The number of carbonyl (C=O) groups excluding carboxylic acids is 2. The normalized spacial score (nSPS) is 16.7. The third-order valence-electron chi connectivity index (χ3n) is 5.99. The summed E-state index contributed by atoms with van der Waals surface area (Å²) in [6.45, 7) is 3.85. The number of anilines is 1. The number of fused-ring (bicyclic) bond motifs is 2. The highest BCUT2D eigenvalue weighted by atomic mass is 19.4. The fourth-order valence-electron chi connectivity index (χ4n) is 3.91. The van der Waals surface area contributed by atoms with Gasteiger partial charge in [-0.15, -0.1) is 0 Å². The number of amides is 1. The van der Waals surface area contributed by atoms with Crippen molar-refractivity contribution >= 4 is 28.7 Å². The number of aromatic nitrogens is 3. The molecule has 0 saturated heterocycles. The Labute approximate surface area is 190 Å². The number of rotatable bonds is 4. The Morgan fingerprint density at radius 1 is 1.26 bits per heavy atom. The van der Waals surface area contributed by atoms with Crippen molar-refractivity contribution in [1.29, 1.82) is 0 Å². The Kier molecular flexibility index (Phi) is 4.81. The van der Waals surface area contributed by atoms with Crippen molar-refractivity contribution in [3.8, 4) is 11.3 Å². The number of aryl methyl sites for hydroxylation is 1. The lowest BCUT2D eigenvalue weighted by Crippen LogP contribution is -2.37. The average Bonchev–Trinajstić information content (AvgIpc) is 3.37. The van der Waals surface area contributed by atoms with Crippen LogP contribution in [0, 0.1) is 12.7 Å². The summed E-state index contributed by atoms with van der Waals surface area (Å²) in [5.74, 6) is -3.48. The topological polar surface area (TPSA) is 98.1 Å². The SMILES string of the molecule is Cc1nc2ccc(F)c(-c3cc4c(n3OC(=O)C(F)(F)F)CCNC4=O)c2nc1NC1(C)CC1. The summed E-state index contributed by atoms with van der Waals surface area (Å²) in [4.78, 5) is 37.7. The first-order valence-electron chi connectivity index (χ1n) is 10.5. The van der Waals surface area contributed by atoms with E-state index in [-0.39, 0.29) is 52.1 Å². The summed E-state index contributed by atoms with van der Waals surface area (Å²) in [5.41, 5.74) is 0.273. The van der Waals surface area contributed by atoms with Crippen LogP contribution in [0.2, 0.25) is 0 Å². The first kappa shape index (κ1) is 22.1. The van der Waals surface area contributed by atoms with Gasteiger partial charge in [-0.2, -0.15) is 17.9 Å². The molecular formula is C22H19F4N5O3. The van der Waals surface area contributed by atoms with E-state index in [1.54, 1.807) is 6.92 Å². The Bertz CT molecular complexity index is 1360. The van der Waals surface area contributed by atoms with Gasteiger partial charge in [-0.05, 0) is 44.9 Å². The Morgan fingerprint density at radius 3 is 2.68 bits per heavy atom. The lowest BCUT2D eigenvalue weighted by Gasteiger charge is -2.18. The van der Waals surface area contributed by atoms with Crippen LogP contribution in [0.1, 0.15) is 41.5 Å². The molecule has 1 saturated carbocycles. The summed E-state index contributed by atoms with van der Waals surface area (Å²) in [5, 5.41) is 5.84. The maximum absolute atomic E-state index is 15.2. The average molecular weight is 477 g/mol. The third-order valence-corrected chi connectivity index (χ3v) is 5.99. The van der Waals surface area contributed by atoms with Gasteiger partial charge in [0.2, 0.25) is 0 Å². The molecule has 34 heavy (non-hydrogen) atoms. The molecule has 178 valence electrons. The van der Waals surface area contributed by atoms with Crippen molar-refractivity contribution in [3.05, 3.63) is 41.0 Å². The van der Waals surface area contributed by atoms with Gasteiger partial charge >= 0.3 is 12.1 Å². The molecular weight excluding hydrogens is 458 g/mol. The summed E-state index contributed by atoms with van der Waals surface area (Å²) in [7, 11) is 0. The van der Waals surface area contributed by atoms with Gasteiger partial charge in [0, 0.05) is 18.5 Å². The molecule has 5 rings (SSSR count). The zero-order valence-corrected chi connectivity index (χ0v) is 18.1. The highest BCUT2D eigenvalue weighted by Gasteiger charge is 2.43. The van der Waals surface area contributed by atoms with Crippen LogP contribution in [0.5, 0.6) is 0 Å². The second kappa shape index (κ2) is 7.40. The molecule has 12 heteroatoms.